The zero-order chi connectivity index (χ0) is 31.5. The van der Waals surface area contributed by atoms with Crippen LogP contribution in [0, 0.1) is 0 Å². The Labute approximate surface area is 259 Å². The molecule has 3 fully saturated rings. The van der Waals surface area contributed by atoms with E-state index in [1.807, 2.05) is 19.1 Å². The van der Waals surface area contributed by atoms with Crippen molar-refractivity contribution in [2.24, 2.45) is 0 Å². The van der Waals surface area contributed by atoms with Gasteiger partial charge in [-0.1, -0.05) is 29.8 Å². The highest BCUT2D eigenvalue weighted by molar-refractivity contribution is 6.32. The monoisotopic (exact) mass is 633 g/mol. The van der Waals surface area contributed by atoms with Crippen LogP contribution in [-0.4, -0.2) is 99.9 Å². The number of phenolic OH excluding ortho intramolecular Hbond substituents is 1. The number of amides is 1. The molecule has 1 aliphatic carbocycles. The summed E-state index contributed by atoms with van der Waals surface area (Å²) < 4.78 is 27.9. The molecule has 1 amide bonds. The van der Waals surface area contributed by atoms with E-state index in [1.54, 1.807) is 24.3 Å². The van der Waals surface area contributed by atoms with Gasteiger partial charge >= 0.3 is 0 Å². The molecule has 2 heterocycles. The van der Waals surface area contributed by atoms with Gasteiger partial charge in [0, 0.05) is 12.0 Å². The zero-order valence-corrected chi connectivity index (χ0v) is 24.8. The molecule has 0 radical (unpaired) electrons. The van der Waals surface area contributed by atoms with Crippen molar-refractivity contribution in [1.82, 2.24) is 5.32 Å². The summed E-state index contributed by atoms with van der Waals surface area (Å²) in [7, 11) is 0. The second-order valence-corrected chi connectivity index (χ2v) is 11.4. The van der Waals surface area contributed by atoms with Crippen molar-refractivity contribution < 1.29 is 54.0 Å². The van der Waals surface area contributed by atoms with Gasteiger partial charge in [-0.3, -0.25) is 4.79 Å². The SMILES string of the molecule is CC(=Cc1ccc(O[C@H]2C[C@H](O)[C@@H](C(C)=CCOc3ccccc3Cl)O2)c(O)c1)C(=O)N[C@@H]1[C@H](O)[C@H](O)[C@H]2OCO[C@H]2[C@@H]1O. The highest BCUT2D eigenvalue weighted by Crippen LogP contribution is 2.34. The number of fused-ring (bicyclic) bond motifs is 1. The molecule has 9 atom stereocenters. The summed E-state index contributed by atoms with van der Waals surface area (Å²) in [6.45, 7) is 3.43. The van der Waals surface area contributed by atoms with Gasteiger partial charge in [0.05, 0.1) is 17.2 Å². The fraction of sp³-hybridized carbons (Fsp3) is 0.452. The van der Waals surface area contributed by atoms with E-state index in [0.717, 1.165) is 5.57 Å². The molecule has 238 valence electrons. The largest absolute Gasteiger partial charge is 0.504 e. The molecule has 44 heavy (non-hydrogen) atoms. The molecule has 1 saturated carbocycles. The number of halogens is 1. The molecule has 13 heteroatoms. The number of carbonyl (C=O) groups is 1. The number of nitrogens with one attached hydrogen (secondary N) is 1. The Balaban J connectivity index is 1.16. The normalized spacial score (nSPS) is 32.3. The van der Waals surface area contributed by atoms with Crippen LogP contribution in [0.3, 0.4) is 0 Å². The van der Waals surface area contributed by atoms with Gasteiger partial charge in [-0.25, -0.2) is 0 Å². The van der Waals surface area contributed by atoms with Crippen molar-refractivity contribution in [1.29, 1.82) is 0 Å². The van der Waals surface area contributed by atoms with Gasteiger partial charge in [-0.2, -0.15) is 0 Å². The van der Waals surface area contributed by atoms with Crippen LogP contribution in [0.15, 0.2) is 59.7 Å². The molecule has 6 N–H and O–H groups in total. The van der Waals surface area contributed by atoms with Crippen LogP contribution in [0.2, 0.25) is 5.02 Å². The molecule has 2 aliphatic heterocycles. The number of hydrogen-bond donors (Lipinski definition) is 6. The first kappa shape index (κ1) is 32.2. The minimum atomic E-state index is -1.47. The molecule has 2 aromatic rings. The van der Waals surface area contributed by atoms with Gasteiger partial charge in [0.25, 0.3) is 0 Å². The minimum Gasteiger partial charge on any atom is -0.504 e. The third-order valence-corrected chi connectivity index (χ3v) is 8.21. The van der Waals surface area contributed by atoms with Gasteiger partial charge in [0.2, 0.25) is 12.2 Å². The van der Waals surface area contributed by atoms with E-state index in [0.29, 0.717) is 16.3 Å². The first-order chi connectivity index (χ1) is 21.0. The lowest BCUT2D eigenvalue weighted by molar-refractivity contribution is -0.155. The fourth-order valence-electron chi connectivity index (χ4n) is 5.46. The number of phenols is 1. The maximum Gasteiger partial charge on any atom is 0.247 e. The summed E-state index contributed by atoms with van der Waals surface area (Å²) in [6.07, 6.45) is -4.70. The Morgan fingerprint density at radius 3 is 2.48 bits per heavy atom. The van der Waals surface area contributed by atoms with E-state index < -0.39 is 61.0 Å². The van der Waals surface area contributed by atoms with Crippen LogP contribution < -0.4 is 14.8 Å². The van der Waals surface area contributed by atoms with E-state index in [4.69, 9.17) is 35.3 Å². The lowest BCUT2D eigenvalue weighted by atomic mass is 9.83. The lowest BCUT2D eigenvalue weighted by Crippen LogP contribution is -2.67. The predicted octanol–water partition coefficient (Wildman–Crippen LogP) is 1.65. The third-order valence-electron chi connectivity index (χ3n) is 7.90. The van der Waals surface area contributed by atoms with Crippen molar-refractivity contribution in [3.8, 4) is 17.2 Å². The summed E-state index contributed by atoms with van der Waals surface area (Å²) in [5.41, 5.74) is 1.44. The number of aromatic hydroxyl groups is 1. The second-order valence-electron chi connectivity index (χ2n) is 11.0. The molecule has 5 rings (SSSR count). The lowest BCUT2D eigenvalue weighted by Gasteiger charge is -2.41. The van der Waals surface area contributed by atoms with E-state index in [2.05, 4.69) is 5.32 Å². The highest BCUT2D eigenvalue weighted by atomic mass is 35.5. The highest BCUT2D eigenvalue weighted by Gasteiger charge is 2.53. The Morgan fingerprint density at radius 2 is 1.75 bits per heavy atom. The molecule has 2 aromatic carbocycles. The smallest absolute Gasteiger partial charge is 0.247 e. The maximum absolute atomic E-state index is 12.9. The number of aliphatic hydroxyl groups is 4. The van der Waals surface area contributed by atoms with E-state index in [9.17, 15) is 30.3 Å². The second kappa shape index (κ2) is 13.8. The summed E-state index contributed by atoms with van der Waals surface area (Å²) in [5.74, 6) is -0.134. The molecule has 0 spiro atoms. The van der Waals surface area contributed by atoms with Gasteiger partial charge in [0.15, 0.2) is 11.5 Å². The van der Waals surface area contributed by atoms with Crippen molar-refractivity contribution in [2.45, 2.75) is 75.3 Å². The van der Waals surface area contributed by atoms with Crippen LogP contribution in [-0.2, 0) is 19.0 Å². The molecular weight excluding hydrogens is 598 g/mol. The quantitative estimate of drug-likeness (QED) is 0.175. The third kappa shape index (κ3) is 7.03. The average Bonchev–Trinajstić information content (AvgIpc) is 3.63. The fourth-order valence-corrected chi connectivity index (χ4v) is 5.65. The topological polar surface area (TPSA) is 176 Å². The van der Waals surface area contributed by atoms with Crippen LogP contribution >= 0.6 is 11.6 Å². The number of ether oxygens (including phenoxy) is 5. The maximum atomic E-state index is 12.9. The Hall–Kier alpha value is -3.20. The van der Waals surface area contributed by atoms with Gasteiger partial charge in [-0.15, -0.1) is 0 Å². The van der Waals surface area contributed by atoms with Crippen LogP contribution in [0.25, 0.3) is 6.08 Å². The van der Waals surface area contributed by atoms with Gasteiger partial charge in [-0.05, 0) is 61.4 Å². The van der Waals surface area contributed by atoms with E-state index in [1.165, 1.54) is 25.1 Å². The molecule has 0 unspecified atom stereocenters. The first-order valence-corrected chi connectivity index (χ1v) is 14.5. The average molecular weight is 634 g/mol. The van der Waals surface area contributed by atoms with Crippen molar-refractivity contribution in [2.75, 3.05) is 13.4 Å². The van der Waals surface area contributed by atoms with Crippen LogP contribution in [0.5, 0.6) is 17.2 Å². The number of rotatable bonds is 9. The van der Waals surface area contributed by atoms with Crippen LogP contribution in [0.4, 0.5) is 0 Å². The van der Waals surface area contributed by atoms with E-state index >= 15 is 0 Å². The standard InChI is InChI=1S/C31H36ClNO11/c1-15(9-10-40-21-6-4-3-5-18(21)32)28-20(35)13-23(44-28)43-22-8-7-17(12-19(22)34)11-16(2)31(39)33-24-25(36)27(38)30-29(26(24)37)41-14-42-30/h3-9,11-12,20,23-30,34-38H,10,13-14H2,1-2H3,(H,33,39)/t20-,23+,24+,25-,26+,27-,28+,29-,30+/m0/s1. The minimum absolute atomic E-state index is 0.126. The van der Waals surface area contributed by atoms with Crippen LogP contribution in [0.1, 0.15) is 25.8 Å². The number of hydrogen-bond acceptors (Lipinski definition) is 11. The summed E-state index contributed by atoms with van der Waals surface area (Å²) in [6, 6.07) is 10.5. The van der Waals surface area contributed by atoms with Crippen molar-refractivity contribution in [3.63, 3.8) is 0 Å². The number of benzene rings is 2. The molecule has 0 bridgehead atoms. The van der Waals surface area contributed by atoms with Crippen molar-refractivity contribution >= 4 is 23.6 Å². The number of carbonyl (C=O) groups excluding carboxylic acids is 1. The first-order valence-electron chi connectivity index (χ1n) is 14.2. The Kier molecular flexibility index (Phi) is 10.1. The van der Waals surface area contributed by atoms with Gasteiger partial charge in [0.1, 0.15) is 55.8 Å². The van der Waals surface area contributed by atoms with E-state index in [-0.39, 0.29) is 36.9 Å². The zero-order valence-electron chi connectivity index (χ0n) is 24.1. The molecule has 2 saturated heterocycles. The molecule has 12 nitrogen and oxygen atoms in total. The number of para-hydroxylation sites is 1. The summed E-state index contributed by atoms with van der Waals surface area (Å²) >= 11 is 6.11. The molecule has 0 aromatic heterocycles. The molecule has 3 aliphatic rings. The number of aliphatic hydroxyl groups excluding tert-OH is 4. The summed E-state index contributed by atoms with van der Waals surface area (Å²) in [5, 5.41) is 55.6. The Bertz CT molecular complexity index is 1400. The Morgan fingerprint density at radius 1 is 1.02 bits per heavy atom. The van der Waals surface area contributed by atoms with Gasteiger partial charge < -0.3 is 54.5 Å². The summed E-state index contributed by atoms with van der Waals surface area (Å²) in [4.78, 5) is 12.9. The van der Waals surface area contributed by atoms with Crippen molar-refractivity contribution in [3.05, 3.63) is 70.3 Å². The molecular formula is C31H36ClNO11. The predicted molar refractivity (Wildman–Crippen MR) is 157 cm³/mol.